The van der Waals surface area contributed by atoms with Crippen LogP contribution in [0.3, 0.4) is 0 Å². The van der Waals surface area contributed by atoms with Gasteiger partial charge in [0.15, 0.2) is 4.77 Å². The fourth-order valence-corrected chi connectivity index (χ4v) is 4.27. The highest BCUT2D eigenvalue weighted by atomic mass is 32.1. The molecule has 1 aliphatic rings. The van der Waals surface area contributed by atoms with Gasteiger partial charge in [-0.25, -0.2) is 0 Å². The molecule has 2 aromatic heterocycles. The highest BCUT2D eigenvalue weighted by Crippen LogP contribution is 2.33. The molecule has 102 valence electrons. The Hall–Kier alpha value is -0.940. The first-order chi connectivity index (χ1) is 9.20. The van der Waals surface area contributed by atoms with E-state index in [1.165, 1.54) is 30.6 Å². The van der Waals surface area contributed by atoms with E-state index in [-0.39, 0.29) is 11.6 Å². The third-order valence-electron chi connectivity index (χ3n) is 4.31. The number of rotatable bonds is 2. The average molecular weight is 294 g/mol. The molecule has 1 fully saturated rings. The molecule has 0 saturated heterocycles. The van der Waals surface area contributed by atoms with E-state index in [4.69, 9.17) is 12.2 Å². The van der Waals surface area contributed by atoms with E-state index in [1.807, 2.05) is 16.0 Å². The molecule has 2 heterocycles. The van der Waals surface area contributed by atoms with Crippen molar-refractivity contribution in [3.63, 3.8) is 0 Å². The second-order valence-corrected chi connectivity index (χ2v) is 6.65. The molecule has 1 aliphatic carbocycles. The number of aromatic amines is 1. The van der Waals surface area contributed by atoms with Crippen molar-refractivity contribution < 1.29 is 0 Å². The van der Waals surface area contributed by atoms with Crippen LogP contribution in [0.25, 0.3) is 10.2 Å². The van der Waals surface area contributed by atoms with Gasteiger partial charge < -0.3 is 4.98 Å². The zero-order chi connectivity index (χ0) is 13.4. The maximum absolute atomic E-state index is 12.5. The molecule has 0 amide bonds. The molecule has 0 bridgehead atoms. The minimum atomic E-state index is 0.0833. The fraction of sp³-hybridized carbons (Fsp3) is 0.571. The molecule has 0 spiro atoms. The Morgan fingerprint density at radius 2 is 2.16 bits per heavy atom. The summed E-state index contributed by atoms with van der Waals surface area (Å²) in [5.41, 5.74) is 0.0833. The van der Waals surface area contributed by atoms with Gasteiger partial charge in [0, 0.05) is 6.04 Å². The monoisotopic (exact) mass is 294 g/mol. The molecule has 2 aromatic rings. The van der Waals surface area contributed by atoms with Crippen LogP contribution in [0.5, 0.6) is 0 Å². The SMILES string of the molecule is CCC1CCC(n2c(=S)[nH]c3sccc3c2=O)CC1. The number of hydrogen-bond acceptors (Lipinski definition) is 3. The number of fused-ring (bicyclic) bond motifs is 1. The predicted molar refractivity (Wildman–Crippen MR) is 82.6 cm³/mol. The Labute approximate surface area is 121 Å². The van der Waals surface area contributed by atoms with Crippen molar-refractivity contribution in [3.05, 3.63) is 26.6 Å². The van der Waals surface area contributed by atoms with Gasteiger partial charge in [-0.05, 0) is 55.3 Å². The van der Waals surface area contributed by atoms with Crippen LogP contribution in [-0.2, 0) is 0 Å². The van der Waals surface area contributed by atoms with E-state index in [2.05, 4.69) is 11.9 Å². The summed E-state index contributed by atoms with van der Waals surface area (Å²) in [7, 11) is 0. The van der Waals surface area contributed by atoms with Crippen molar-refractivity contribution in [2.75, 3.05) is 0 Å². The van der Waals surface area contributed by atoms with Gasteiger partial charge in [0.05, 0.1) is 5.39 Å². The van der Waals surface area contributed by atoms with E-state index in [1.54, 1.807) is 0 Å². The van der Waals surface area contributed by atoms with Crippen LogP contribution in [-0.4, -0.2) is 9.55 Å². The van der Waals surface area contributed by atoms with Crippen LogP contribution < -0.4 is 5.56 Å². The second kappa shape index (κ2) is 5.21. The van der Waals surface area contributed by atoms with Crippen molar-refractivity contribution in [3.8, 4) is 0 Å². The second-order valence-electron chi connectivity index (χ2n) is 5.35. The van der Waals surface area contributed by atoms with Gasteiger partial charge in [0.25, 0.3) is 5.56 Å². The summed E-state index contributed by atoms with van der Waals surface area (Å²) in [6.07, 6.45) is 5.82. The third kappa shape index (κ3) is 2.30. The zero-order valence-corrected chi connectivity index (χ0v) is 12.6. The Balaban J connectivity index is 2.01. The standard InChI is InChI=1S/C14H18N2OS2/c1-2-9-3-5-10(6-4-9)16-13(17)11-7-8-19-12(11)15-14(16)18/h7-10H,2-6H2,1H3,(H,15,18). The average Bonchev–Trinajstić information content (AvgIpc) is 2.88. The number of nitrogens with zero attached hydrogens (tertiary/aromatic N) is 1. The zero-order valence-electron chi connectivity index (χ0n) is 11.0. The lowest BCUT2D eigenvalue weighted by molar-refractivity contribution is 0.263. The Bertz CT molecular complexity index is 689. The highest BCUT2D eigenvalue weighted by Gasteiger charge is 2.23. The summed E-state index contributed by atoms with van der Waals surface area (Å²) in [5.74, 6) is 0.828. The maximum Gasteiger partial charge on any atom is 0.263 e. The Morgan fingerprint density at radius 1 is 1.42 bits per heavy atom. The molecule has 3 nitrogen and oxygen atoms in total. The molecule has 1 saturated carbocycles. The van der Waals surface area contributed by atoms with Crippen LogP contribution in [0.15, 0.2) is 16.2 Å². The van der Waals surface area contributed by atoms with Gasteiger partial charge in [0.1, 0.15) is 4.83 Å². The van der Waals surface area contributed by atoms with E-state index < -0.39 is 0 Å². The lowest BCUT2D eigenvalue weighted by atomic mass is 9.84. The number of thiophene rings is 1. The van der Waals surface area contributed by atoms with Gasteiger partial charge in [-0.3, -0.25) is 9.36 Å². The molecule has 0 unspecified atom stereocenters. The van der Waals surface area contributed by atoms with Crippen LogP contribution >= 0.6 is 23.6 Å². The van der Waals surface area contributed by atoms with Crippen molar-refractivity contribution in [1.82, 2.24) is 9.55 Å². The van der Waals surface area contributed by atoms with Crippen LogP contribution in [0.2, 0.25) is 0 Å². The predicted octanol–water partition coefficient (Wildman–Crippen LogP) is 4.26. The minimum Gasteiger partial charge on any atom is -0.323 e. The third-order valence-corrected chi connectivity index (χ3v) is 5.44. The summed E-state index contributed by atoms with van der Waals surface area (Å²) in [4.78, 5) is 16.6. The highest BCUT2D eigenvalue weighted by molar-refractivity contribution is 7.71. The first-order valence-corrected chi connectivity index (χ1v) is 8.21. The van der Waals surface area contributed by atoms with Crippen molar-refractivity contribution in [2.24, 2.45) is 5.92 Å². The maximum atomic E-state index is 12.5. The molecule has 5 heteroatoms. The quantitative estimate of drug-likeness (QED) is 0.840. The van der Waals surface area contributed by atoms with Gasteiger partial charge >= 0.3 is 0 Å². The summed E-state index contributed by atoms with van der Waals surface area (Å²) < 4.78 is 2.40. The molecular weight excluding hydrogens is 276 g/mol. The normalized spacial score (nSPS) is 23.8. The first kappa shape index (κ1) is 13.1. The van der Waals surface area contributed by atoms with Crippen molar-refractivity contribution in [2.45, 2.75) is 45.1 Å². The molecule has 19 heavy (non-hydrogen) atoms. The van der Waals surface area contributed by atoms with Crippen LogP contribution in [0.4, 0.5) is 0 Å². The number of hydrogen-bond donors (Lipinski definition) is 1. The molecule has 3 rings (SSSR count). The van der Waals surface area contributed by atoms with Gasteiger partial charge in [-0.15, -0.1) is 11.3 Å². The summed E-state index contributed by atoms with van der Waals surface area (Å²) >= 11 is 6.93. The van der Waals surface area contributed by atoms with Crippen LogP contribution in [0.1, 0.15) is 45.1 Å². The topological polar surface area (TPSA) is 37.8 Å². The lowest BCUT2D eigenvalue weighted by Crippen LogP contribution is -2.29. The van der Waals surface area contributed by atoms with Gasteiger partial charge in [-0.1, -0.05) is 13.3 Å². The van der Waals surface area contributed by atoms with Crippen molar-refractivity contribution >= 4 is 33.8 Å². The molecule has 0 aromatic carbocycles. The lowest BCUT2D eigenvalue weighted by Gasteiger charge is -2.29. The summed E-state index contributed by atoms with van der Waals surface area (Å²) in [6, 6.07) is 2.17. The van der Waals surface area contributed by atoms with E-state index >= 15 is 0 Å². The number of H-pyrrole nitrogens is 1. The van der Waals surface area contributed by atoms with Crippen molar-refractivity contribution in [1.29, 1.82) is 0 Å². The first-order valence-electron chi connectivity index (χ1n) is 6.92. The van der Waals surface area contributed by atoms with E-state index in [0.29, 0.717) is 4.77 Å². The molecular formula is C14H18N2OS2. The molecule has 1 N–H and O–H groups in total. The molecule has 0 aliphatic heterocycles. The fourth-order valence-electron chi connectivity index (χ4n) is 3.10. The molecule has 0 atom stereocenters. The van der Waals surface area contributed by atoms with Crippen LogP contribution in [0, 0.1) is 10.7 Å². The smallest absolute Gasteiger partial charge is 0.263 e. The largest absolute Gasteiger partial charge is 0.323 e. The number of nitrogens with one attached hydrogen (secondary N) is 1. The summed E-state index contributed by atoms with van der Waals surface area (Å²) in [6.45, 7) is 2.25. The Morgan fingerprint density at radius 3 is 2.84 bits per heavy atom. The minimum absolute atomic E-state index is 0.0833. The molecule has 0 radical (unpaired) electrons. The van der Waals surface area contributed by atoms with E-state index in [9.17, 15) is 4.79 Å². The summed E-state index contributed by atoms with van der Waals surface area (Å²) in [5, 5.41) is 2.71. The van der Waals surface area contributed by atoms with E-state index in [0.717, 1.165) is 29.0 Å². The Kier molecular flexibility index (Phi) is 3.58. The van der Waals surface area contributed by atoms with Gasteiger partial charge in [-0.2, -0.15) is 0 Å². The number of aromatic nitrogens is 2. The van der Waals surface area contributed by atoms with Gasteiger partial charge in [0.2, 0.25) is 0 Å².